The first-order chi connectivity index (χ1) is 11.7. The monoisotopic (exact) mass is 363 g/mol. The van der Waals surface area contributed by atoms with Gasteiger partial charge in [-0.15, -0.1) is 0 Å². The summed E-state index contributed by atoms with van der Waals surface area (Å²) in [4.78, 5) is 12.4. The highest BCUT2D eigenvalue weighted by molar-refractivity contribution is 7.89. The lowest BCUT2D eigenvalue weighted by Gasteiger charge is -2.27. The molecule has 2 aromatic rings. The van der Waals surface area contributed by atoms with Crippen molar-refractivity contribution in [2.24, 2.45) is 0 Å². The lowest BCUT2D eigenvalue weighted by Crippen LogP contribution is -2.51. The van der Waals surface area contributed by atoms with Crippen LogP contribution in [0.4, 0.5) is 15.8 Å². The summed E-state index contributed by atoms with van der Waals surface area (Å²) in [5.41, 5.74) is 3.48. The molecule has 8 heteroatoms. The molecule has 3 N–H and O–H groups in total. The Morgan fingerprint density at radius 3 is 2.40 bits per heavy atom. The molecule has 0 saturated heterocycles. The molecule has 0 saturated carbocycles. The van der Waals surface area contributed by atoms with Gasteiger partial charge in [-0.1, -0.05) is 17.7 Å². The topological polar surface area (TPSA) is 87.3 Å². The van der Waals surface area contributed by atoms with E-state index in [4.69, 9.17) is 0 Å². The maximum Gasteiger partial charge on any atom is 0.262 e. The van der Waals surface area contributed by atoms with E-state index >= 15 is 0 Å². The number of halogens is 1. The highest BCUT2D eigenvalue weighted by Gasteiger charge is 2.33. The average Bonchev–Trinajstić information content (AvgIpc) is 2.49. The summed E-state index contributed by atoms with van der Waals surface area (Å²) in [6.07, 6.45) is -1.24. The molecule has 0 unspecified atom stereocenters. The van der Waals surface area contributed by atoms with E-state index in [2.05, 4.69) is 15.4 Å². The van der Waals surface area contributed by atoms with Gasteiger partial charge in [0.1, 0.15) is 10.7 Å². The van der Waals surface area contributed by atoms with Crippen molar-refractivity contribution in [3.63, 3.8) is 0 Å². The zero-order valence-corrected chi connectivity index (χ0v) is 14.8. The van der Waals surface area contributed by atoms with E-state index in [1.165, 1.54) is 0 Å². The van der Waals surface area contributed by atoms with Crippen LogP contribution in [0.15, 0.2) is 35.2 Å². The average molecular weight is 363 g/mol. The minimum atomic E-state index is -3.91. The van der Waals surface area contributed by atoms with E-state index in [0.29, 0.717) is 5.69 Å². The number of anilines is 2. The predicted octanol–water partition coefficient (Wildman–Crippen LogP) is 2.42. The molecule has 25 heavy (non-hydrogen) atoms. The Hall–Kier alpha value is -2.45. The molecule has 1 aliphatic rings. The Kier molecular flexibility index (Phi) is 4.26. The van der Waals surface area contributed by atoms with Crippen LogP contribution in [-0.4, -0.2) is 20.5 Å². The first kappa shape index (κ1) is 17.4. The number of nitrogens with one attached hydrogen (secondary N) is 3. The van der Waals surface area contributed by atoms with Gasteiger partial charge in [0.25, 0.3) is 5.91 Å². The second-order valence-electron chi connectivity index (χ2n) is 6.10. The van der Waals surface area contributed by atoms with Crippen LogP contribution in [0.2, 0.25) is 0 Å². The Morgan fingerprint density at radius 1 is 1.12 bits per heavy atom. The molecule has 1 heterocycles. The van der Waals surface area contributed by atoms with Crippen molar-refractivity contribution in [3.05, 3.63) is 52.8 Å². The van der Waals surface area contributed by atoms with Gasteiger partial charge in [0, 0.05) is 5.69 Å². The van der Waals surface area contributed by atoms with Crippen LogP contribution < -0.4 is 15.4 Å². The van der Waals surface area contributed by atoms with E-state index in [0.717, 1.165) is 34.9 Å². The zero-order chi connectivity index (χ0) is 18.4. The SMILES string of the molecule is Cc1cc(C)c(NC(=O)[C@@H]2Nc3cc(F)ccc3S(=O)(=O)N2)c(C)c1. The van der Waals surface area contributed by atoms with Crippen LogP contribution in [0.1, 0.15) is 16.7 Å². The molecule has 0 bridgehead atoms. The molecule has 132 valence electrons. The minimum Gasteiger partial charge on any atom is -0.360 e. The van der Waals surface area contributed by atoms with Crippen molar-refractivity contribution >= 4 is 27.3 Å². The Balaban J connectivity index is 1.90. The molecule has 0 aliphatic carbocycles. The molecular weight excluding hydrogens is 345 g/mol. The fourth-order valence-corrected chi connectivity index (χ4v) is 4.20. The quantitative estimate of drug-likeness (QED) is 0.765. The number of carbonyl (C=O) groups excluding carboxylic acids is 1. The molecule has 0 radical (unpaired) electrons. The van der Waals surface area contributed by atoms with E-state index in [1.54, 1.807) is 0 Å². The maximum atomic E-state index is 13.4. The largest absolute Gasteiger partial charge is 0.360 e. The van der Waals surface area contributed by atoms with Crippen molar-refractivity contribution < 1.29 is 17.6 Å². The zero-order valence-electron chi connectivity index (χ0n) is 14.0. The summed E-state index contributed by atoms with van der Waals surface area (Å²) in [6.45, 7) is 5.67. The Labute approximate surface area is 145 Å². The van der Waals surface area contributed by atoms with Crippen LogP contribution >= 0.6 is 0 Å². The summed E-state index contributed by atoms with van der Waals surface area (Å²) in [7, 11) is -3.91. The highest BCUT2D eigenvalue weighted by atomic mass is 32.2. The summed E-state index contributed by atoms with van der Waals surface area (Å²) in [6, 6.07) is 7.11. The number of benzene rings is 2. The number of hydrogen-bond donors (Lipinski definition) is 3. The third kappa shape index (κ3) is 3.35. The first-order valence-electron chi connectivity index (χ1n) is 7.64. The molecule has 0 aromatic heterocycles. The number of rotatable bonds is 2. The number of hydrogen-bond acceptors (Lipinski definition) is 4. The molecule has 2 aromatic carbocycles. The highest BCUT2D eigenvalue weighted by Crippen LogP contribution is 2.28. The van der Waals surface area contributed by atoms with Crippen LogP contribution in [-0.2, 0) is 14.8 Å². The molecule has 3 rings (SSSR count). The number of aryl methyl sites for hydroxylation is 3. The van der Waals surface area contributed by atoms with E-state index in [1.807, 2.05) is 32.9 Å². The van der Waals surface area contributed by atoms with Gasteiger partial charge in [-0.25, -0.2) is 12.8 Å². The van der Waals surface area contributed by atoms with Gasteiger partial charge in [-0.05, 0) is 50.1 Å². The standard InChI is InChI=1S/C17H18FN3O3S/c1-9-6-10(2)15(11(3)7-9)20-17(22)16-19-13-8-12(18)4-5-14(13)25(23,24)21-16/h4-8,16,19,21H,1-3H3,(H,20,22)/t16-/m1/s1. The summed E-state index contributed by atoms with van der Waals surface area (Å²) in [5.74, 6) is -1.17. The van der Waals surface area contributed by atoms with Crippen LogP contribution in [0.5, 0.6) is 0 Å². The van der Waals surface area contributed by atoms with Gasteiger partial charge < -0.3 is 10.6 Å². The smallest absolute Gasteiger partial charge is 0.262 e. The fraction of sp³-hybridized carbons (Fsp3) is 0.235. The van der Waals surface area contributed by atoms with Gasteiger partial charge in [0.2, 0.25) is 10.0 Å². The second kappa shape index (κ2) is 6.12. The van der Waals surface area contributed by atoms with Crippen molar-refractivity contribution in [3.8, 4) is 0 Å². The van der Waals surface area contributed by atoms with Crippen molar-refractivity contribution in [1.29, 1.82) is 0 Å². The number of sulfonamides is 1. The van der Waals surface area contributed by atoms with Gasteiger partial charge >= 0.3 is 0 Å². The van der Waals surface area contributed by atoms with Gasteiger partial charge in [0.15, 0.2) is 6.17 Å². The maximum absolute atomic E-state index is 13.4. The first-order valence-corrected chi connectivity index (χ1v) is 9.13. The second-order valence-corrected chi connectivity index (χ2v) is 7.78. The molecular formula is C17H18FN3O3S. The van der Waals surface area contributed by atoms with E-state index in [9.17, 15) is 17.6 Å². The van der Waals surface area contributed by atoms with E-state index < -0.39 is 27.9 Å². The molecule has 1 atom stereocenters. The molecule has 1 aliphatic heterocycles. The predicted molar refractivity (Wildman–Crippen MR) is 93.4 cm³/mol. The van der Waals surface area contributed by atoms with Gasteiger partial charge in [0.05, 0.1) is 5.69 Å². The van der Waals surface area contributed by atoms with Gasteiger partial charge in [-0.2, -0.15) is 4.72 Å². The summed E-state index contributed by atoms with van der Waals surface area (Å²) < 4.78 is 40.2. The molecule has 6 nitrogen and oxygen atoms in total. The summed E-state index contributed by atoms with van der Waals surface area (Å²) in [5, 5.41) is 5.46. The lowest BCUT2D eigenvalue weighted by molar-refractivity contribution is -0.117. The molecule has 0 spiro atoms. The Morgan fingerprint density at radius 2 is 1.76 bits per heavy atom. The van der Waals surface area contributed by atoms with Crippen LogP contribution in [0, 0.1) is 26.6 Å². The molecule has 0 fully saturated rings. The fourth-order valence-electron chi connectivity index (χ4n) is 2.94. The normalized spacial score (nSPS) is 18.2. The Bertz CT molecular complexity index is 950. The van der Waals surface area contributed by atoms with E-state index in [-0.39, 0.29) is 10.6 Å². The molecule has 1 amide bonds. The third-order valence-corrected chi connectivity index (χ3v) is 5.47. The number of fused-ring (bicyclic) bond motifs is 1. The third-order valence-electron chi connectivity index (χ3n) is 3.99. The van der Waals surface area contributed by atoms with Gasteiger partial charge in [-0.3, -0.25) is 4.79 Å². The van der Waals surface area contributed by atoms with Crippen molar-refractivity contribution in [2.75, 3.05) is 10.6 Å². The van der Waals surface area contributed by atoms with Crippen LogP contribution in [0.25, 0.3) is 0 Å². The minimum absolute atomic E-state index is 0.0521. The van der Waals surface area contributed by atoms with Crippen molar-refractivity contribution in [2.45, 2.75) is 31.8 Å². The lowest BCUT2D eigenvalue weighted by atomic mass is 10.1. The van der Waals surface area contributed by atoms with Crippen LogP contribution in [0.3, 0.4) is 0 Å². The van der Waals surface area contributed by atoms with Crippen molar-refractivity contribution in [1.82, 2.24) is 4.72 Å². The number of carbonyl (C=O) groups is 1. The number of amides is 1. The summed E-state index contributed by atoms with van der Waals surface area (Å²) >= 11 is 0.